The Labute approximate surface area is 197 Å². The first-order valence-electron chi connectivity index (χ1n) is 11.6. The van der Waals surface area contributed by atoms with Gasteiger partial charge in [-0.3, -0.25) is 0 Å². The molecule has 0 bridgehead atoms. The minimum atomic E-state index is -1.62. The third-order valence-corrected chi connectivity index (χ3v) is 8.22. The Balaban J connectivity index is 1.67. The maximum atomic E-state index is 5.15. The van der Waals surface area contributed by atoms with Crippen LogP contribution < -0.4 is 5.19 Å². The van der Waals surface area contributed by atoms with Gasteiger partial charge >= 0.3 is 0 Å². The highest BCUT2D eigenvalue weighted by Crippen LogP contribution is 2.30. The molecular formula is C31H29NSi. The summed E-state index contributed by atoms with van der Waals surface area (Å²) in [5.41, 5.74) is 9.61. The summed E-state index contributed by atoms with van der Waals surface area (Å²) in [6.07, 6.45) is 0. The zero-order valence-corrected chi connectivity index (χ0v) is 20.8. The van der Waals surface area contributed by atoms with Crippen molar-refractivity contribution in [2.45, 2.75) is 26.6 Å². The molecule has 33 heavy (non-hydrogen) atoms. The quantitative estimate of drug-likeness (QED) is 0.256. The van der Waals surface area contributed by atoms with Crippen LogP contribution in [0.3, 0.4) is 0 Å². The minimum absolute atomic E-state index is 1.03. The van der Waals surface area contributed by atoms with E-state index < -0.39 is 8.07 Å². The van der Waals surface area contributed by atoms with Gasteiger partial charge in [0.15, 0.2) is 0 Å². The highest BCUT2D eigenvalue weighted by molar-refractivity contribution is 6.91. The fourth-order valence-electron chi connectivity index (χ4n) is 4.76. The van der Waals surface area contributed by atoms with Crippen molar-refractivity contribution in [1.82, 2.24) is 4.98 Å². The standard InChI is InChI=1S/C31H29NSi/c1-22-19-25(23-11-7-5-8-12-23)21-26(20-22)29-17-16-28-30(32-29)18-15-27(31(28)33(2,3)4)24-13-9-6-10-14-24/h5-21H,1-4H3. The smallest absolute Gasteiger partial charge is 0.0793 e. The molecule has 0 aliphatic carbocycles. The maximum Gasteiger partial charge on any atom is 0.0793 e. The van der Waals surface area contributed by atoms with Gasteiger partial charge in [0.2, 0.25) is 0 Å². The van der Waals surface area contributed by atoms with Gasteiger partial charge < -0.3 is 0 Å². The molecule has 5 rings (SSSR count). The van der Waals surface area contributed by atoms with Crippen LogP contribution in [0, 0.1) is 6.92 Å². The number of benzene rings is 4. The van der Waals surface area contributed by atoms with Gasteiger partial charge in [-0.05, 0) is 64.2 Å². The Morgan fingerprint density at radius 3 is 1.88 bits per heavy atom. The molecule has 0 radical (unpaired) electrons. The van der Waals surface area contributed by atoms with Gasteiger partial charge in [0.05, 0.1) is 19.3 Å². The van der Waals surface area contributed by atoms with E-state index in [1.54, 1.807) is 0 Å². The molecule has 5 aromatic rings. The number of nitrogens with zero attached hydrogens (tertiary/aromatic N) is 1. The fourth-order valence-corrected chi connectivity index (χ4v) is 6.81. The van der Waals surface area contributed by atoms with Crippen molar-refractivity contribution in [3.63, 3.8) is 0 Å². The van der Waals surface area contributed by atoms with E-state index in [0.29, 0.717) is 0 Å². The third kappa shape index (κ3) is 4.27. The first kappa shape index (κ1) is 21.4. The Morgan fingerprint density at radius 1 is 0.576 bits per heavy atom. The lowest BCUT2D eigenvalue weighted by Gasteiger charge is -2.24. The minimum Gasteiger partial charge on any atom is -0.248 e. The molecule has 0 atom stereocenters. The van der Waals surface area contributed by atoms with Crippen molar-refractivity contribution in [3.8, 4) is 33.5 Å². The molecule has 4 aromatic carbocycles. The zero-order chi connectivity index (χ0) is 23.0. The summed E-state index contributed by atoms with van der Waals surface area (Å²) < 4.78 is 0. The average Bonchev–Trinajstić information content (AvgIpc) is 2.83. The van der Waals surface area contributed by atoms with Crippen LogP contribution in [-0.4, -0.2) is 13.1 Å². The summed E-state index contributed by atoms with van der Waals surface area (Å²) in [5.74, 6) is 0. The van der Waals surface area contributed by atoms with Crippen LogP contribution in [0.25, 0.3) is 44.4 Å². The summed E-state index contributed by atoms with van der Waals surface area (Å²) >= 11 is 0. The molecule has 1 nitrogen and oxygen atoms in total. The second-order valence-electron chi connectivity index (χ2n) is 9.82. The molecule has 1 aromatic heterocycles. The molecule has 0 saturated carbocycles. The van der Waals surface area contributed by atoms with Crippen molar-refractivity contribution in [2.24, 2.45) is 0 Å². The summed E-state index contributed by atoms with van der Waals surface area (Å²) in [7, 11) is -1.62. The van der Waals surface area contributed by atoms with E-state index >= 15 is 0 Å². The molecule has 0 N–H and O–H groups in total. The molecule has 0 amide bonds. The molecule has 1 heterocycles. The van der Waals surface area contributed by atoms with Crippen LogP contribution in [-0.2, 0) is 0 Å². The van der Waals surface area contributed by atoms with Crippen LogP contribution in [0.2, 0.25) is 19.6 Å². The summed E-state index contributed by atoms with van der Waals surface area (Å²) in [6.45, 7) is 9.44. The van der Waals surface area contributed by atoms with Gasteiger partial charge in [0, 0.05) is 10.9 Å². The van der Waals surface area contributed by atoms with Crippen molar-refractivity contribution in [1.29, 1.82) is 0 Å². The van der Waals surface area contributed by atoms with Crippen molar-refractivity contribution < 1.29 is 0 Å². The van der Waals surface area contributed by atoms with E-state index in [1.165, 1.54) is 38.4 Å². The number of aromatic nitrogens is 1. The summed E-state index contributed by atoms with van der Waals surface area (Å²) in [4.78, 5) is 5.15. The number of hydrogen-bond donors (Lipinski definition) is 0. The van der Waals surface area contributed by atoms with Gasteiger partial charge in [-0.25, -0.2) is 4.98 Å². The SMILES string of the molecule is Cc1cc(-c2ccccc2)cc(-c2ccc3c([Si](C)(C)C)c(-c4ccccc4)ccc3n2)c1. The van der Waals surface area contributed by atoms with Crippen molar-refractivity contribution in [2.75, 3.05) is 0 Å². The molecule has 0 fully saturated rings. The summed E-state index contributed by atoms with van der Waals surface area (Å²) in [6, 6.07) is 37.0. The Kier molecular flexibility index (Phi) is 5.47. The molecule has 0 unspecified atom stereocenters. The van der Waals surface area contributed by atoms with E-state index in [4.69, 9.17) is 4.98 Å². The summed E-state index contributed by atoms with van der Waals surface area (Å²) in [5, 5.41) is 2.77. The number of pyridine rings is 1. The topological polar surface area (TPSA) is 12.9 Å². The van der Waals surface area contributed by atoms with Gasteiger partial charge in [0.1, 0.15) is 0 Å². The number of fused-ring (bicyclic) bond motifs is 1. The van der Waals surface area contributed by atoms with E-state index in [1.807, 2.05) is 0 Å². The first-order valence-corrected chi connectivity index (χ1v) is 15.1. The van der Waals surface area contributed by atoms with E-state index in [-0.39, 0.29) is 0 Å². The number of aryl methyl sites for hydroxylation is 1. The molecule has 2 heteroatoms. The van der Waals surface area contributed by atoms with Crippen LogP contribution in [0.5, 0.6) is 0 Å². The normalized spacial score (nSPS) is 11.6. The fraction of sp³-hybridized carbons (Fsp3) is 0.129. The Hall–Kier alpha value is -3.49. The molecule has 0 spiro atoms. The van der Waals surface area contributed by atoms with Gasteiger partial charge in [-0.15, -0.1) is 0 Å². The van der Waals surface area contributed by atoms with Crippen molar-refractivity contribution in [3.05, 3.63) is 109 Å². The van der Waals surface area contributed by atoms with E-state index in [2.05, 4.69) is 130 Å². The van der Waals surface area contributed by atoms with Gasteiger partial charge in [-0.2, -0.15) is 0 Å². The second-order valence-corrected chi connectivity index (χ2v) is 14.8. The molecule has 0 aliphatic rings. The predicted molar refractivity (Wildman–Crippen MR) is 146 cm³/mol. The van der Waals surface area contributed by atoms with Gasteiger partial charge in [-0.1, -0.05) is 98.5 Å². The highest BCUT2D eigenvalue weighted by Gasteiger charge is 2.24. The first-order chi connectivity index (χ1) is 15.9. The monoisotopic (exact) mass is 443 g/mol. The molecule has 0 aliphatic heterocycles. The lowest BCUT2D eigenvalue weighted by Crippen LogP contribution is -2.39. The van der Waals surface area contributed by atoms with Crippen LogP contribution in [0.4, 0.5) is 0 Å². The lowest BCUT2D eigenvalue weighted by molar-refractivity contribution is 1.38. The maximum absolute atomic E-state index is 5.15. The van der Waals surface area contributed by atoms with E-state index in [9.17, 15) is 0 Å². The van der Waals surface area contributed by atoms with E-state index in [0.717, 1.165) is 16.8 Å². The predicted octanol–water partition coefficient (Wildman–Crippen LogP) is 8.09. The second kappa shape index (κ2) is 8.46. The lowest BCUT2D eigenvalue weighted by atomic mass is 9.98. The Bertz CT molecular complexity index is 1430. The van der Waals surface area contributed by atoms with Gasteiger partial charge in [0.25, 0.3) is 0 Å². The largest absolute Gasteiger partial charge is 0.248 e. The molecule has 0 saturated heterocycles. The third-order valence-electron chi connectivity index (χ3n) is 6.19. The van der Waals surface area contributed by atoms with Crippen molar-refractivity contribution >= 4 is 24.2 Å². The van der Waals surface area contributed by atoms with Crippen LogP contribution >= 0.6 is 0 Å². The van der Waals surface area contributed by atoms with Crippen LogP contribution in [0.15, 0.2) is 103 Å². The average molecular weight is 444 g/mol. The number of hydrogen-bond acceptors (Lipinski definition) is 1. The van der Waals surface area contributed by atoms with Crippen LogP contribution in [0.1, 0.15) is 5.56 Å². The molecule has 162 valence electrons. The highest BCUT2D eigenvalue weighted by atomic mass is 28.3. The Morgan fingerprint density at radius 2 is 1.21 bits per heavy atom. The molecular weight excluding hydrogens is 414 g/mol. The zero-order valence-electron chi connectivity index (χ0n) is 19.8. The number of rotatable bonds is 4.